The van der Waals surface area contributed by atoms with Crippen molar-refractivity contribution in [3.63, 3.8) is 0 Å². The number of rotatable bonds is 1. The number of fused-ring (bicyclic) bond motifs is 1. The number of carbonyl (C=O) groups excluding carboxylic acids is 1. The molecule has 0 bridgehead atoms. The van der Waals surface area contributed by atoms with Gasteiger partial charge in [-0.25, -0.2) is 0 Å². The fourth-order valence-corrected chi connectivity index (χ4v) is 3.01. The minimum atomic E-state index is -0.313. The van der Waals surface area contributed by atoms with Crippen molar-refractivity contribution in [2.75, 3.05) is 0 Å². The minimum absolute atomic E-state index is 0.313. The van der Waals surface area contributed by atoms with Gasteiger partial charge in [0.15, 0.2) is 0 Å². The van der Waals surface area contributed by atoms with Gasteiger partial charge in [0.05, 0.1) is 4.88 Å². The van der Waals surface area contributed by atoms with Crippen LogP contribution in [0.5, 0.6) is 0 Å². The second kappa shape index (κ2) is 3.43. The summed E-state index contributed by atoms with van der Waals surface area (Å²) in [7, 11) is 0. The Morgan fingerprint density at radius 2 is 2.46 bits per heavy atom. The monoisotopic (exact) mass is 214 g/mol. The molecule has 1 aliphatic carbocycles. The van der Waals surface area contributed by atoms with E-state index in [1.165, 1.54) is 16.9 Å². The van der Waals surface area contributed by atoms with Crippen molar-refractivity contribution in [1.29, 1.82) is 0 Å². The molecule has 0 N–H and O–H groups in total. The molecule has 1 aromatic rings. The normalized spacial score (nSPS) is 21.2. The van der Waals surface area contributed by atoms with Crippen molar-refractivity contribution in [1.82, 2.24) is 0 Å². The van der Waals surface area contributed by atoms with Gasteiger partial charge in [0.1, 0.15) is 0 Å². The lowest BCUT2D eigenvalue weighted by Crippen LogP contribution is -2.08. The molecular formula is C10H11ClOS. The molecule has 0 aromatic carbocycles. The van der Waals surface area contributed by atoms with Crippen LogP contribution in [0.1, 0.15) is 33.5 Å². The first-order valence-electron chi connectivity index (χ1n) is 4.48. The molecule has 0 aliphatic heterocycles. The molecule has 0 saturated carbocycles. The molecule has 1 atom stereocenters. The first kappa shape index (κ1) is 9.22. The molecule has 70 valence electrons. The number of carbonyl (C=O) groups is 1. The number of thiophene rings is 1. The molecule has 2 rings (SSSR count). The summed E-state index contributed by atoms with van der Waals surface area (Å²) in [5, 5.41) is -0.313. The number of halogens is 1. The second-order valence-corrected chi connectivity index (χ2v) is 5.16. The van der Waals surface area contributed by atoms with Crippen LogP contribution in [0.4, 0.5) is 0 Å². The van der Waals surface area contributed by atoms with E-state index in [-0.39, 0.29) is 5.24 Å². The molecule has 0 fully saturated rings. The average molecular weight is 215 g/mol. The molecule has 0 spiro atoms. The molecule has 0 amide bonds. The van der Waals surface area contributed by atoms with Crippen LogP contribution in [0.15, 0.2) is 6.07 Å². The summed E-state index contributed by atoms with van der Waals surface area (Å²) in [5.74, 6) is 0.750. The lowest BCUT2D eigenvalue weighted by Gasteiger charge is -2.16. The number of aryl methyl sites for hydroxylation is 1. The van der Waals surface area contributed by atoms with Gasteiger partial charge in [-0.15, -0.1) is 11.3 Å². The molecule has 1 heterocycles. The first-order chi connectivity index (χ1) is 6.16. The van der Waals surface area contributed by atoms with Crippen molar-refractivity contribution in [3.8, 4) is 0 Å². The highest BCUT2D eigenvalue weighted by Gasteiger charge is 2.19. The third-order valence-corrected chi connectivity index (χ3v) is 4.07. The maximum absolute atomic E-state index is 10.9. The predicted molar refractivity (Wildman–Crippen MR) is 55.7 cm³/mol. The average Bonchev–Trinajstić information content (AvgIpc) is 2.46. The van der Waals surface area contributed by atoms with Crippen LogP contribution in [0.2, 0.25) is 0 Å². The van der Waals surface area contributed by atoms with Gasteiger partial charge in [-0.05, 0) is 48.4 Å². The summed E-state index contributed by atoms with van der Waals surface area (Å²) >= 11 is 6.99. The van der Waals surface area contributed by atoms with Gasteiger partial charge >= 0.3 is 0 Å². The van der Waals surface area contributed by atoms with Gasteiger partial charge in [-0.3, -0.25) is 4.79 Å². The fraction of sp³-hybridized carbons (Fsp3) is 0.500. The smallest absolute Gasteiger partial charge is 0.262 e. The molecule has 0 saturated heterocycles. The van der Waals surface area contributed by atoms with Crippen LogP contribution in [0.3, 0.4) is 0 Å². The van der Waals surface area contributed by atoms with E-state index in [9.17, 15) is 4.79 Å². The van der Waals surface area contributed by atoms with Crippen molar-refractivity contribution < 1.29 is 4.79 Å². The quantitative estimate of drug-likeness (QED) is 0.656. The highest BCUT2D eigenvalue weighted by atomic mass is 35.5. The molecule has 1 aliphatic rings. The molecule has 13 heavy (non-hydrogen) atoms. The Kier molecular flexibility index (Phi) is 2.43. The van der Waals surface area contributed by atoms with E-state index in [4.69, 9.17) is 11.6 Å². The van der Waals surface area contributed by atoms with Gasteiger partial charge in [0.25, 0.3) is 5.24 Å². The Morgan fingerprint density at radius 3 is 3.15 bits per heavy atom. The van der Waals surface area contributed by atoms with Crippen molar-refractivity contribution in [2.24, 2.45) is 5.92 Å². The van der Waals surface area contributed by atoms with Gasteiger partial charge < -0.3 is 0 Å². The topological polar surface area (TPSA) is 17.1 Å². The Morgan fingerprint density at radius 1 is 1.69 bits per heavy atom. The van der Waals surface area contributed by atoms with Gasteiger partial charge in [-0.1, -0.05) is 6.92 Å². The van der Waals surface area contributed by atoms with Gasteiger partial charge in [0, 0.05) is 4.88 Å². The van der Waals surface area contributed by atoms with Crippen LogP contribution < -0.4 is 0 Å². The molecule has 1 nitrogen and oxygen atoms in total. The predicted octanol–water partition coefficient (Wildman–Crippen LogP) is 3.25. The number of hydrogen-bond donors (Lipinski definition) is 0. The maximum Gasteiger partial charge on any atom is 0.262 e. The molecule has 3 heteroatoms. The Labute approximate surface area is 86.7 Å². The van der Waals surface area contributed by atoms with Gasteiger partial charge in [-0.2, -0.15) is 0 Å². The minimum Gasteiger partial charge on any atom is -0.275 e. The zero-order valence-electron chi connectivity index (χ0n) is 7.47. The summed E-state index contributed by atoms with van der Waals surface area (Å²) in [4.78, 5) is 13.0. The standard InChI is InChI=1S/C10H11ClOS/c1-6-2-3-8-7(4-6)5-9(13-8)10(11)12/h5-6H,2-4H2,1H3/t6-/m1/s1. The Balaban J connectivity index is 2.33. The van der Waals surface area contributed by atoms with Crippen LogP contribution in [-0.4, -0.2) is 5.24 Å². The van der Waals surface area contributed by atoms with Crippen molar-refractivity contribution >= 4 is 28.2 Å². The van der Waals surface area contributed by atoms with E-state index >= 15 is 0 Å². The molecule has 0 radical (unpaired) electrons. The zero-order chi connectivity index (χ0) is 9.42. The van der Waals surface area contributed by atoms with E-state index in [1.807, 2.05) is 6.07 Å². The highest BCUT2D eigenvalue weighted by Crippen LogP contribution is 2.32. The zero-order valence-corrected chi connectivity index (χ0v) is 9.04. The first-order valence-corrected chi connectivity index (χ1v) is 5.67. The van der Waals surface area contributed by atoms with Crippen molar-refractivity contribution in [2.45, 2.75) is 26.2 Å². The van der Waals surface area contributed by atoms with E-state index in [0.29, 0.717) is 4.88 Å². The molecule has 1 aromatic heterocycles. The van der Waals surface area contributed by atoms with Crippen LogP contribution >= 0.6 is 22.9 Å². The highest BCUT2D eigenvalue weighted by molar-refractivity contribution is 7.15. The van der Waals surface area contributed by atoms with E-state index in [0.717, 1.165) is 18.8 Å². The van der Waals surface area contributed by atoms with Crippen molar-refractivity contribution in [3.05, 3.63) is 21.4 Å². The van der Waals surface area contributed by atoms with E-state index in [2.05, 4.69) is 6.92 Å². The third kappa shape index (κ3) is 1.79. The Hall–Kier alpha value is -0.340. The summed E-state index contributed by atoms with van der Waals surface area (Å²) in [6, 6.07) is 1.96. The number of hydrogen-bond acceptors (Lipinski definition) is 2. The summed E-state index contributed by atoms with van der Waals surface area (Å²) in [6.07, 6.45) is 3.46. The van der Waals surface area contributed by atoms with Crippen LogP contribution in [-0.2, 0) is 12.8 Å². The van der Waals surface area contributed by atoms with Crippen LogP contribution in [0.25, 0.3) is 0 Å². The lowest BCUT2D eigenvalue weighted by molar-refractivity contribution is 0.108. The van der Waals surface area contributed by atoms with Gasteiger partial charge in [0.2, 0.25) is 0 Å². The maximum atomic E-state index is 10.9. The Bertz CT molecular complexity index is 343. The summed E-state index contributed by atoms with van der Waals surface area (Å²) < 4.78 is 0. The third-order valence-electron chi connectivity index (χ3n) is 2.52. The SMILES string of the molecule is C[C@@H]1CCc2sc(C(=O)Cl)cc2C1. The summed E-state index contributed by atoms with van der Waals surface area (Å²) in [6.45, 7) is 2.25. The second-order valence-electron chi connectivity index (χ2n) is 3.68. The van der Waals surface area contributed by atoms with E-state index < -0.39 is 0 Å². The largest absolute Gasteiger partial charge is 0.275 e. The molecule has 0 unspecified atom stereocenters. The fourth-order valence-electron chi connectivity index (χ4n) is 1.80. The van der Waals surface area contributed by atoms with E-state index in [1.54, 1.807) is 11.3 Å². The lowest BCUT2D eigenvalue weighted by atomic mass is 9.90. The van der Waals surface area contributed by atoms with Crippen LogP contribution in [0, 0.1) is 5.92 Å². The summed E-state index contributed by atoms with van der Waals surface area (Å²) in [5.41, 5.74) is 1.34. The molecular weight excluding hydrogens is 204 g/mol.